The van der Waals surface area contributed by atoms with Crippen LogP contribution in [0.5, 0.6) is 5.88 Å². The first-order valence-corrected chi connectivity index (χ1v) is 6.52. The van der Waals surface area contributed by atoms with Crippen LogP contribution in [0.15, 0.2) is 17.4 Å². The fourth-order valence-corrected chi connectivity index (χ4v) is 2.87. The number of hydrogen-bond donors (Lipinski definition) is 1. The van der Waals surface area contributed by atoms with Crippen LogP contribution in [-0.4, -0.2) is 20.1 Å². The maximum absolute atomic E-state index is 9.32. The van der Waals surface area contributed by atoms with Gasteiger partial charge in [-0.05, 0) is 13.8 Å². The van der Waals surface area contributed by atoms with Gasteiger partial charge in [-0.25, -0.2) is 9.97 Å². The van der Waals surface area contributed by atoms with Crippen LogP contribution in [0.1, 0.15) is 15.6 Å². The van der Waals surface area contributed by atoms with E-state index in [-0.39, 0.29) is 5.88 Å². The summed E-state index contributed by atoms with van der Waals surface area (Å²) in [5.41, 5.74) is 0.769. The molecule has 0 saturated heterocycles. The molecule has 2 aromatic rings. The number of thiazole rings is 1. The van der Waals surface area contributed by atoms with E-state index >= 15 is 0 Å². The minimum Gasteiger partial charge on any atom is -0.493 e. The van der Waals surface area contributed by atoms with Crippen molar-refractivity contribution in [1.82, 2.24) is 15.0 Å². The van der Waals surface area contributed by atoms with Gasteiger partial charge in [-0.1, -0.05) is 11.8 Å². The molecule has 1 N–H and O–H groups in total. The van der Waals surface area contributed by atoms with Crippen molar-refractivity contribution in [3.05, 3.63) is 27.8 Å². The van der Waals surface area contributed by atoms with Crippen molar-refractivity contribution in [3.63, 3.8) is 0 Å². The van der Waals surface area contributed by atoms with Crippen LogP contribution in [0, 0.1) is 13.8 Å². The Morgan fingerprint density at radius 3 is 2.81 bits per heavy atom. The average Bonchev–Trinajstić information content (AvgIpc) is 2.60. The second kappa shape index (κ2) is 4.80. The maximum Gasteiger partial charge on any atom is 0.215 e. The van der Waals surface area contributed by atoms with E-state index < -0.39 is 0 Å². The zero-order valence-electron chi connectivity index (χ0n) is 8.97. The van der Waals surface area contributed by atoms with E-state index in [0.717, 1.165) is 16.5 Å². The lowest BCUT2D eigenvalue weighted by Crippen LogP contribution is -1.90. The van der Waals surface area contributed by atoms with Gasteiger partial charge in [0, 0.05) is 22.8 Å². The molecule has 0 bridgehead atoms. The first kappa shape index (κ1) is 11.3. The summed E-state index contributed by atoms with van der Waals surface area (Å²) in [4.78, 5) is 13.6. The van der Waals surface area contributed by atoms with Gasteiger partial charge < -0.3 is 5.11 Å². The minimum atomic E-state index is 0.0188. The van der Waals surface area contributed by atoms with Gasteiger partial charge in [0.1, 0.15) is 5.01 Å². The van der Waals surface area contributed by atoms with Crippen LogP contribution >= 0.6 is 23.1 Å². The van der Waals surface area contributed by atoms with Gasteiger partial charge in [-0.3, -0.25) is 0 Å². The summed E-state index contributed by atoms with van der Waals surface area (Å²) >= 11 is 3.15. The fourth-order valence-electron chi connectivity index (χ4n) is 1.18. The molecule has 6 heteroatoms. The van der Waals surface area contributed by atoms with Gasteiger partial charge in [0.05, 0.1) is 5.75 Å². The van der Waals surface area contributed by atoms with E-state index in [1.807, 2.05) is 20.0 Å². The smallest absolute Gasteiger partial charge is 0.215 e. The monoisotopic (exact) mass is 253 g/mol. The van der Waals surface area contributed by atoms with Crippen molar-refractivity contribution in [2.24, 2.45) is 0 Å². The van der Waals surface area contributed by atoms with Crippen LogP contribution < -0.4 is 0 Å². The van der Waals surface area contributed by atoms with Crippen LogP contribution in [0.4, 0.5) is 0 Å². The van der Waals surface area contributed by atoms with Crippen molar-refractivity contribution in [1.29, 1.82) is 0 Å². The minimum absolute atomic E-state index is 0.0188. The van der Waals surface area contributed by atoms with Crippen molar-refractivity contribution < 1.29 is 5.11 Å². The van der Waals surface area contributed by atoms with E-state index in [1.165, 1.54) is 22.7 Å². The third-order valence-corrected chi connectivity index (χ3v) is 3.77. The Morgan fingerprint density at radius 1 is 1.38 bits per heavy atom. The topological polar surface area (TPSA) is 58.9 Å². The van der Waals surface area contributed by atoms with Crippen LogP contribution in [0.2, 0.25) is 0 Å². The molecule has 0 aliphatic carbocycles. The van der Waals surface area contributed by atoms with Crippen molar-refractivity contribution in [3.8, 4) is 5.88 Å². The Bertz CT molecular complexity index is 478. The molecule has 2 rings (SSSR count). The molecule has 0 unspecified atom stereocenters. The molecule has 4 nitrogen and oxygen atoms in total. The molecule has 0 radical (unpaired) electrons. The van der Waals surface area contributed by atoms with Gasteiger partial charge >= 0.3 is 0 Å². The summed E-state index contributed by atoms with van der Waals surface area (Å²) in [6.07, 6.45) is 1.86. The molecule has 0 aliphatic heterocycles. The molecule has 0 amide bonds. The molecule has 0 spiro atoms. The third-order valence-electron chi connectivity index (χ3n) is 1.81. The lowest BCUT2D eigenvalue weighted by atomic mass is 10.4. The highest BCUT2D eigenvalue weighted by molar-refractivity contribution is 7.98. The number of thioether (sulfide) groups is 1. The zero-order chi connectivity index (χ0) is 11.5. The number of aromatic nitrogens is 3. The molecule has 16 heavy (non-hydrogen) atoms. The van der Waals surface area contributed by atoms with E-state index in [4.69, 9.17) is 0 Å². The maximum atomic E-state index is 9.32. The largest absolute Gasteiger partial charge is 0.493 e. The molecule has 2 aromatic heterocycles. The summed E-state index contributed by atoms with van der Waals surface area (Å²) in [7, 11) is 0. The number of nitrogens with zero attached hydrogens (tertiary/aromatic N) is 3. The Morgan fingerprint density at radius 2 is 2.19 bits per heavy atom. The summed E-state index contributed by atoms with van der Waals surface area (Å²) in [6.45, 7) is 3.86. The highest BCUT2D eigenvalue weighted by Crippen LogP contribution is 2.23. The average molecular weight is 253 g/mol. The van der Waals surface area contributed by atoms with E-state index in [9.17, 15) is 5.11 Å². The van der Waals surface area contributed by atoms with Gasteiger partial charge in [0.15, 0.2) is 5.16 Å². The molecular weight excluding hydrogens is 242 g/mol. The van der Waals surface area contributed by atoms with Crippen molar-refractivity contribution >= 4 is 23.1 Å². The third kappa shape index (κ3) is 2.93. The SMILES string of the molecule is Cc1cc(O)nc(SCc2ncc(C)s2)n1. The van der Waals surface area contributed by atoms with Crippen LogP contribution in [-0.2, 0) is 5.75 Å². The molecule has 84 valence electrons. The highest BCUT2D eigenvalue weighted by Gasteiger charge is 2.04. The van der Waals surface area contributed by atoms with E-state index in [2.05, 4.69) is 15.0 Å². The van der Waals surface area contributed by atoms with Crippen molar-refractivity contribution in [2.45, 2.75) is 24.8 Å². The number of rotatable bonds is 3. The number of aromatic hydroxyl groups is 1. The molecule has 0 fully saturated rings. The summed E-state index contributed by atoms with van der Waals surface area (Å²) in [5.74, 6) is 0.756. The zero-order valence-corrected chi connectivity index (χ0v) is 10.6. The molecule has 0 atom stereocenters. The molecular formula is C10H11N3OS2. The van der Waals surface area contributed by atoms with Gasteiger partial charge in [0.2, 0.25) is 5.88 Å². The fraction of sp³-hybridized carbons (Fsp3) is 0.300. The number of aryl methyl sites for hydroxylation is 2. The van der Waals surface area contributed by atoms with Crippen LogP contribution in [0.25, 0.3) is 0 Å². The van der Waals surface area contributed by atoms with Gasteiger partial charge in [-0.15, -0.1) is 11.3 Å². The van der Waals surface area contributed by atoms with Gasteiger partial charge in [-0.2, -0.15) is 4.98 Å². The lowest BCUT2D eigenvalue weighted by Gasteiger charge is -2.00. The first-order chi connectivity index (χ1) is 7.63. The lowest BCUT2D eigenvalue weighted by molar-refractivity contribution is 0.444. The first-order valence-electron chi connectivity index (χ1n) is 4.72. The molecule has 2 heterocycles. The normalized spacial score (nSPS) is 10.6. The molecule has 0 saturated carbocycles. The predicted molar refractivity (Wildman–Crippen MR) is 64.8 cm³/mol. The Labute approximate surface area is 102 Å². The highest BCUT2D eigenvalue weighted by atomic mass is 32.2. The number of hydrogen-bond acceptors (Lipinski definition) is 6. The van der Waals surface area contributed by atoms with E-state index in [0.29, 0.717) is 5.16 Å². The standard InChI is InChI=1S/C10H11N3OS2/c1-6-3-8(14)13-10(12-6)15-5-9-11-4-7(2)16-9/h3-4H,5H2,1-2H3,(H,12,13,14). The van der Waals surface area contributed by atoms with Crippen LogP contribution in [0.3, 0.4) is 0 Å². The molecule has 0 aromatic carbocycles. The van der Waals surface area contributed by atoms with Crippen molar-refractivity contribution in [2.75, 3.05) is 0 Å². The quantitative estimate of drug-likeness (QED) is 0.673. The second-order valence-corrected chi connectivity index (χ2v) is 5.57. The van der Waals surface area contributed by atoms with E-state index in [1.54, 1.807) is 11.3 Å². The Hall–Kier alpha value is -1.14. The van der Waals surface area contributed by atoms with Gasteiger partial charge in [0.25, 0.3) is 0 Å². The Balaban J connectivity index is 2.04. The Kier molecular flexibility index (Phi) is 3.40. The molecule has 0 aliphatic rings. The second-order valence-electron chi connectivity index (χ2n) is 3.30. The predicted octanol–water partition coefficient (Wildman–Crippen LogP) is 2.55. The summed E-state index contributed by atoms with van der Waals surface area (Å²) < 4.78 is 0. The summed E-state index contributed by atoms with van der Waals surface area (Å²) in [6, 6.07) is 1.54. The summed E-state index contributed by atoms with van der Waals surface area (Å²) in [5, 5.41) is 11.0.